The Morgan fingerprint density at radius 1 is 0.941 bits per heavy atom. The van der Waals surface area contributed by atoms with E-state index >= 15 is 0 Å². The second-order valence-corrected chi connectivity index (χ2v) is 10.7. The van der Waals surface area contributed by atoms with Gasteiger partial charge < -0.3 is 9.90 Å². The van der Waals surface area contributed by atoms with Crippen LogP contribution in [0, 0.1) is 0 Å². The van der Waals surface area contributed by atoms with E-state index in [1.807, 2.05) is 42.6 Å². The molecular formula is C26H27ClNNaO4S. The van der Waals surface area contributed by atoms with Gasteiger partial charge >= 0.3 is 29.6 Å². The van der Waals surface area contributed by atoms with Gasteiger partial charge in [-0.25, -0.2) is 8.42 Å². The van der Waals surface area contributed by atoms with Crippen LogP contribution < -0.4 is 34.7 Å². The molecule has 0 saturated carbocycles. The van der Waals surface area contributed by atoms with E-state index < -0.39 is 15.8 Å². The summed E-state index contributed by atoms with van der Waals surface area (Å²) in [6, 6.07) is 18.0. The molecule has 0 spiro atoms. The van der Waals surface area contributed by atoms with Gasteiger partial charge in [-0.1, -0.05) is 41.9 Å². The van der Waals surface area contributed by atoms with Crippen LogP contribution in [0.15, 0.2) is 78.0 Å². The van der Waals surface area contributed by atoms with Crippen LogP contribution in [0.5, 0.6) is 0 Å². The quantitative estimate of drug-likeness (QED) is 0.346. The van der Waals surface area contributed by atoms with Gasteiger partial charge in [0.25, 0.3) is 0 Å². The molecule has 1 atom stereocenters. The van der Waals surface area contributed by atoms with Gasteiger partial charge in [-0.05, 0) is 91.5 Å². The first kappa shape index (κ1) is 28.5. The molecule has 1 heterocycles. The Bertz CT molecular complexity index is 1140. The number of sulfone groups is 1. The van der Waals surface area contributed by atoms with Crippen molar-refractivity contribution in [2.75, 3.05) is 5.75 Å². The number of carboxylic acids is 1. The third-order valence-electron chi connectivity index (χ3n) is 5.72. The number of carboxylic acid groups (broad SMARTS) is 1. The number of carbonyl (C=O) groups is 1. The molecule has 2 aromatic carbocycles. The molecule has 174 valence electrons. The standard InChI is InChI=1S/C26H28ClNO4S.Na/c27-24-11-13-25(14-12-24)33(31,32)18-16-22(5-1-3-21-4-2-17-28-19-21)23-9-6-20(7-10-23)8-15-26(29)30;/h2,4,6-7,9-14,17,19,22H,1,3,5,8,15-16,18H2,(H,29,30);/q;+1/p-1. The molecule has 3 rings (SSSR count). The number of benzene rings is 2. The van der Waals surface area contributed by atoms with Crippen molar-refractivity contribution >= 4 is 27.4 Å². The Kier molecular flexibility index (Phi) is 11.8. The zero-order valence-corrected chi connectivity index (χ0v) is 22.9. The molecule has 1 unspecified atom stereocenters. The van der Waals surface area contributed by atoms with Gasteiger partial charge in [0, 0.05) is 23.4 Å². The smallest absolute Gasteiger partial charge is 0.550 e. The second kappa shape index (κ2) is 14.0. The van der Waals surface area contributed by atoms with Crippen molar-refractivity contribution < 1.29 is 47.9 Å². The van der Waals surface area contributed by atoms with Crippen molar-refractivity contribution in [3.05, 3.63) is 94.8 Å². The molecule has 0 radical (unpaired) electrons. The summed E-state index contributed by atoms with van der Waals surface area (Å²) in [5.41, 5.74) is 3.14. The summed E-state index contributed by atoms with van der Waals surface area (Å²) in [5.74, 6) is -0.961. The number of carbonyl (C=O) groups excluding carboxylic acids is 1. The maximum Gasteiger partial charge on any atom is 1.00 e. The molecule has 0 saturated heterocycles. The Balaban J connectivity index is 0.00000408. The SMILES string of the molecule is O=C([O-])CCc1ccc(C(CCCc2cccnc2)CCS(=O)(=O)c2ccc(Cl)cc2)cc1.[Na+]. The molecule has 0 aliphatic rings. The molecule has 1 aromatic heterocycles. The number of rotatable bonds is 12. The van der Waals surface area contributed by atoms with Gasteiger partial charge in [0.15, 0.2) is 9.84 Å². The number of halogens is 1. The van der Waals surface area contributed by atoms with Gasteiger partial charge in [0.1, 0.15) is 0 Å². The molecule has 0 aliphatic heterocycles. The average Bonchev–Trinajstić information content (AvgIpc) is 2.81. The fraction of sp³-hybridized carbons (Fsp3) is 0.308. The van der Waals surface area contributed by atoms with Crippen LogP contribution in [0.25, 0.3) is 0 Å². The average molecular weight is 508 g/mol. The van der Waals surface area contributed by atoms with E-state index in [1.165, 1.54) is 0 Å². The van der Waals surface area contributed by atoms with Gasteiger partial charge in [-0.15, -0.1) is 0 Å². The monoisotopic (exact) mass is 507 g/mol. The molecule has 3 aromatic rings. The predicted molar refractivity (Wildman–Crippen MR) is 128 cm³/mol. The summed E-state index contributed by atoms with van der Waals surface area (Å²) in [5, 5.41) is 11.2. The zero-order chi connectivity index (χ0) is 23.7. The van der Waals surface area contributed by atoms with Crippen LogP contribution in [0.4, 0.5) is 0 Å². The predicted octanol–water partition coefficient (Wildman–Crippen LogP) is 1.39. The number of aromatic nitrogens is 1. The summed E-state index contributed by atoms with van der Waals surface area (Å²) >= 11 is 5.89. The molecule has 8 heteroatoms. The van der Waals surface area contributed by atoms with E-state index in [-0.39, 0.29) is 52.5 Å². The third kappa shape index (κ3) is 9.16. The minimum atomic E-state index is -3.42. The summed E-state index contributed by atoms with van der Waals surface area (Å²) < 4.78 is 25.7. The molecule has 0 bridgehead atoms. The van der Waals surface area contributed by atoms with E-state index in [2.05, 4.69) is 4.98 Å². The number of nitrogens with zero attached hydrogens (tertiary/aromatic N) is 1. The number of hydrogen-bond acceptors (Lipinski definition) is 5. The maximum absolute atomic E-state index is 12.9. The topological polar surface area (TPSA) is 87.2 Å². The van der Waals surface area contributed by atoms with Crippen LogP contribution in [0.2, 0.25) is 5.02 Å². The van der Waals surface area contributed by atoms with Crippen molar-refractivity contribution in [2.45, 2.75) is 49.3 Å². The van der Waals surface area contributed by atoms with E-state index in [0.29, 0.717) is 17.9 Å². The third-order valence-corrected chi connectivity index (χ3v) is 7.73. The molecule has 0 aliphatic carbocycles. The fourth-order valence-corrected chi connectivity index (χ4v) is 5.34. The summed E-state index contributed by atoms with van der Waals surface area (Å²) in [6.07, 6.45) is 7.11. The van der Waals surface area contributed by atoms with Gasteiger partial charge in [0.2, 0.25) is 0 Å². The molecule has 5 nitrogen and oxygen atoms in total. The molecule has 34 heavy (non-hydrogen) atoms. The second-order valence-electron chi connectivity index (χ2n) is 8.13. The molecule has 0 fully saturated rings. The van der Waals surface area contributed by atoms with Crippen LogP contribution in [0.1, 0.15) is 48.3 Å². The number of aliphatic carboxylic acids is 1. The number of hydrogen-bond donors (Lipinski definition) is 0. The zero-order valence-electron chi connectivity index (χ0n) is 19.3. The van der Waals surface area contributed by atoms with Gasteiger partial charge in [0.05, 0.1) is 10.6 Å². The van der Waals surface area contributed by atoms with E-state index in [4.69, 9.17) is 11.6 Å². The first-order valence-electron chi connectivity index (χ1n) is 11.0. The molecular weight excluding hydrogens is 481 g/mol. The number of aryl methyl sites for hydroxylation is 2. The molecule has 0 amide bonds. The van der Waals surface area contributed by atoms with Crippen molar-refractivity contribution in [3.63, 3.8) is 0 Å². The van der Waals surface area contributed by atoms with E-state index in [9.17, 15) is 18.3 Å². The van der Waals surface area contributed by atoms with Crippen molar-refractivity contribution in [1.29, 1.82) is 0 Å². The Labute approximate surface area is 228 Å². The Hall–Kier alpha value is -1.70. The first-order valence-corrected chi connectivity index (χ1v) is 13.0. The normalized spacial score (nSPS) is 12.0. The maximum atomic E-state index is 12.9. The Morgan fingerprint density at radius 2 is 1.65 bits per heavy atom. The fourth-order valence-electron chi connectivity index (χ4n) is 3.84. The van der Waals surface area contributed by atoms with E-state index in [1.54, 1.807) is 30.5 Å². The Morgan fingerprint density at radius 3 is 2.26 bits per heavy atom. The summed E-state index contributed by atoms with van der Waals surface area (Å²) in [4.78, 5) is 15.1. The van der Waals surface area contributed by atoms with Crippen LogP contribution in [0.3, 0.4) is 0 Å². The minimum Gasteiger partial charge on any atom is -0.550 e. The van der Waals surface area contributed by atoms with Crippen LogP contribution in [-0.4, -0.2) is 25.1 Å². The van der Waals surface area contributed by atoms with Gasteiger partial charge in [-0.3, -0.25) is 4.98 Å². The number of pyridine rings is 1. The van der Waals surface area contributed by atoms with Crippen molar-refractivity contribution in [2.24, 2.45) is 0 Å². The van der Waals surface area contributed by atoms with Crippen LogP contribution >= 0.6 is 11.6 Å². The minimum absolute atomic E-state index is 0. The largest absolute Gasteiger partial charge is 1.00 e. The van der Waals surface area contributed by atoms with Crippen LogP contribution in [-0.2, 0) is 27.5 Å². The summed E-state index contributed by atoms with van der Waals surface area (Å²) in [7, 11) is -3.42. The van der Waals surface area contributed by atoms with Crippen molar-refractivity contribution in [1.82, 2.24) is 4.98 Å². The van der Waals surface area contributed by atoms with E-state index in [0.717, 1.165) is 36.0 Å². The summed E-state index contributed by atoms with van der Waals surface area (Å²) in [6.45, 7) is 0. The van der Waals surface area contributed by atoms with Crippen molar-refractivity contribution in [3.8, 4) is 0 Å². The molecule has 0 N–H and O–H groups in total. The van der Waals surface area contributed by atoms with Gasteiger partial charge in [-0.2, -0.15) is 0 Å². The first-order chi connectivity index (χ1) is 15.8.